The summed E-state index contributed by atoms with van der Waals surface area (Å²) in [5.41, 5.74) is 13.2. The van der Waals surface area contributed by atoms with Crippen LogP contribution >= 0.6 is 0 Å². The Labute approximate surface area is 155 Å². The molecule has 1 aromatic heterocycles. The number of carbonyl (C=O) groups excluding carboxylic acids is 1. The molecule has 0 aliphatic rings. The van der Waals surface area contributed by atoms with Crippen molar-refractivity contribution in [3.63, 3.8) is 0 Å². The normalized spacial score (nSPS) is 11.3. The third-order valence-corrected chi connectivity index (χ3v) is 3.82. The summed E-state index contributed by atoms with van der Waals surface area (Å²) >= 11 is 0. The highest BCUT2D eigenvalue weighted by molar-refractivity contribution is 6.05. The molecular weight excluding hydrogens is 346 g/mol. The monoisotopic (exact) mass is 365 g/mol. The maximum Gasteiger partial charge on any atom is 0.291 e. The predicted octanol–water partition coefficient (Wildman–Crippen LogP) is 2.69. The fourth-order valence-electron chi connectivity index (χ4n) is 2.44. The van der Waals surface area contributed by atoms with Crippen LogP contribution in [0.2, 0.25) is 0 Å². The van der Waals surface area contributed by atoms with E-state index in [1.807, 2.05) is 6.07 Å². The van der Waals surface area contributed by atoms with Crippen molar-refractivity contribution in [3.05, 3.63) is 59.9 Å². The van der Waals surface area contributed by atoms with Gasteiger partial charge in [0.15, 0.2) is 5.76 Å². The van der Waals surface area contributed by atoms with Crippen LogP contribution in [0.1, 0.15) is 23.0 Å². The molecule has 0 aliphatic heterocycles. The van der Waals surface area contributed by atoms with Crippen molar-refractivity contribution in [1.29, 1.82) is 0 Å². The van der Waals surface area contributed by atoms with E-state index in [4.69, 9.17) is 20.6 Å². The number of benzene rings is 2. The van der Waals surface area contributed by atoms with E-state index in [0.717, 1.165) is 10.9 Å². The first-order valence-electron chi connectivity index (χ1n) is 8.09. The molecule has 8 heteroatoms. The molecule has 0 saturated heterocycles. The minimum absolute atomic E-state index is 0.110. The molecule has 1 amide bonds. The Hall–Kier alpha value is -3.81. The average molecular weight is 365 g/mol. The van der Waals surface area contributed by atoms with Crippen molar-refractivity contribution >= 4 is 34.2 Å². The van der Waals surface area contributed by atoms with E-state index in [2.05, 4.69) is 15.5 Å². The summed E-state index contributed by atoms with van der Waals surface area (Å²) in [4.78, 5) is 12.4. The smallest absolute Gasteiger partial charge is 0.291 e. The van der Waals surface area contributed by atoms with Crippen LogP contribution in [-0.2, 0) is 0 Å². The van der Waals surface area contributed by atoms with Crippen molar-refractivity contribution in [3.8, 4) is 5.75 Å². The van der Waals surface area contributed by atoms with Crippen molar-refractivity contribution in [2.75, 3.05) is 12.4 Å². The largest absolute Gasteiger partial charge is 0.497 e. The number of anilines is 1. The molecule has 3 aromatic rings. The number of nitrogens with one attached hydrogen (secondary N) is 1. The summed E-state index contributed by atoms with van der Waals surface area (Å²) in [6, 6.07) is 14.1. The van der Waals surface area contributed by atoms with Gasteiger partial charge in [-0.1, -0.05) is 12.1 Å². The number of carbonyl (C=O) groups is 1. The molecule has 0 fully saturated rings. The highest BCUT2D eigenvalue weighted by Crippen LogP contribution is 2.24. The molecule has 2 aromatic carbocycles. The molecule has 27 heavy (non-hydrogen) atoms. The zero-order valence-electron chi connectivity index (χ0n) is 14.9. The number of ether oxygens (including phenoxy) is 1. The maximum absolute atomic E-state index is 12.4. The Balaban J connectivity index is 1.74. The van der Waals surface area contributed by atoms with Gasteiger partial charge in [-0.05, 0) is 48.9 Å². The first kappa shape index (κ1) is 18.0. The lowest BCUT2D eigenvalue weighted by Crippen LogP contribution is -2.22. The van der Waals surface area contributed by atoms with Gasteiger partial charge in [0.25, 0.3) is 5.91 Å². The minimum Gasteiger partial charge on any atom is -0.497 e. The summed E-state index contributed by atoms with van der Waals surface area (Å²) in [7, 11) is 1.59. The second-order valence-electron chi connectivity index (χ2n) is 5.76. The van der Waals surface area contributed by atoms with Gasteiger partial charge in [-0.15, -0.1) is 5.10 Å². The molecule has 3 rings (SSSR count). The quantitative estimate of drug-likeness (QED) is 0.364. The van der Waals surface area contributed by atoms with Gasteiger partial charge in [0, 0.05) is 11.1 Å². The van der Waals surface area contributed by atoms with E-state index in [1.165, 1.54) is 0 Å². The van der Waals surface area contributed by atoms with E-state index < -0.39 is 0 Å². The van der Waals surface area contributed by atoms with Crippen molar-refractivity contribution in [2.45, 2.75) is 6.92 Å². The van der Waals surface area contributed by atoms with Gasteiger partial charge in [0.2, 0.25) is 5.96 Å². The number of rotatable bonds is 5. The number of hydrogen-bond donors (Lipinski definition) is 3. The van der Waals surface area contributed by atoms with E-state index in [-0.39, 0.29) is 17.6 Å². The first-order valence-corrected chi connectivity index (χ1v) is 8.09. The number of hydrogen-bond acceptors (Lipinski definition) is 5. The molecular formula is C19H19N5O3. The van der Waals surface area contributed by atoms with Crippen molar-refractivity contribution in [2.24, 2.45) is 21.7 Å². The molecule has 0 radical (unpaired) electrons. The average Bonchev–Trinajstić information content (AvgIpc) is 3.10. The van der Waals surface area contributed by atoms with Crippen LogP contribution in [0, 0.1) is 0 Å². The summed E-state index contributed by atoms with van der Waals surface area (Å²) in [5.74, 6) is 0.460. The molecule has 0 aliphatic carbocycles. The third-order valence-electron chi connectivity index (χ3n) is 3.82. The molecule has 8 nitrogen and oxygen atoms in total. The lowest BCUT2D eigenvalue weighted by molar-refractivity contribution is 0.0998. The Morgan fingerprint density at radius 1 is 1.07 bits per heavy atom. The van der Waals surface area contributed by atoms with Crippen LogP contribution < -0.4 is 21.5 Å². The second-order valence-corrected chi connectivity index (χ2v) is 5.76. The van der Waals surface area contributed by atoms with Crippen LogP contribution in [0.25, 0.3) is 11.0 Å². The number of guanidine groups is 1. The Kier molecular flexibility index (Phi) is 5.07. The SMILES string of the molecule is COc1ccc2oc(C(=O)Nc3ccc(/C(C)=N\N=C(N)N)cc3)cc2c1. The van der Waals surface area contributed by atoms with Gasteiger partial charge in [0.1, 0.15) is 11.3 Å². The summed E-state index contributed by atoms with van der Waals surface area (Å²) in [5, 5.41) is 11.1. The van der Waals surface area contributed by atoms with E-state index in [1.54, 1.807) is 56.5 Å². The lowest BCUT2D eigenvalue weighted by Gasteiger charge is -2.04. The van der Waals surface area contributed by atoms with Crippen LogP contribution in [0.4, 0.5) is 5.69 Å². The van der Waals surface area contributed by atoms with E-state index in [0.29, 0.717) is 22.7 Å². The highest BCUT2D eigenvalue weighted by Gasteiger charge is 2.13. The molecule has 0 unspecified atom stereocenters. The Morgan fingerprint density at radius 2 is 1.81 bits per heavy atom. The number of fused-ring (bicyclic) bond motifs is 1. The van der Waals surface area contributed by atoms with Gasteiger partial charge < -0.3 is 25.9 Å². The third kappa shape index (κ3) is 4.24. The fourth-order valence-corrected chi connectivity index (χ4v) is 2.44. The number of furan rings is 1. The predicted molar refractivity (Wildman–Crippen MR) is 105 cm³/mol. The number of nitrogens with zero attached hydrogens (tertiary/aromatic N) is 2. The van der Waals surface area contributed by atoms with Crippen molar-refractivity contribution < 1.29 is 13.9 Å². The van der Waals surface area contributed by atoms with Crippen molar-refractivity contribution in [1.82, 2.24) is 0 Å². The zero-order chi connectivity index (χ0) is 19.4. The topological polar surface area (TPSA) is 128 Å². The van der Waals surface area contributed by atoms with Gasteiger partial charge >= 0.3 is 0 Å². The molecule has 138 valence electrons. The molecule has 0 saturated carbocycles. The molecule has 1 heterocycles. The standard InChI is InChI=1S/C19H19N5O3/c1-11(23-24-19(20)21)12-3-5-14(6-4-12)22-18(25)17-10-13-9-15(26-2)7-8-16(13)27-17/h3-10H,1-2H3,(H,22,25)(H4,20,21,24)/b23-11-. The summed E-state index contributed by atoms with van der Waals surface area (Å²) < 4.78 is 10.8. The van der Waals surface area contributed by atoms with Crippen LogP contribution in [0.3, 0.4) is 0 Å². The number of methoxy groups -OCH3 is 1. The molecule has 5 N–H and O–H groups in total. The second kappa shape index (κ2) is 7.61. The van der Waals surface area contributed by atoms with E-state index in [9.17, 15) is 4.79 Å². The highest BCUT2D eigenvalue weighted by atomic mass is 16.5. The Morgan fingerprint density at radius 3 is 2.48 bits per heavy atom. The number of amides is 1. The first-order chi connectivity index (χ1) is 13.0. The fraction of sp³-hybridized carbons (Fsp3) is 0.105. The molecule has 0 bridgehead atoms. The molecule has 0 atom stereocenters. The molecule has 0 spiro atoms. The zero-order valence-corrected chi connectivity index (χ0v) is 14.9. The van der Waals surface area contributed by atoms with Gasteiger partial charge in [0.05, 0.1) is 12.8 Å². The lowest BCUT2D eigenvalue weighted by atomic mass is 10.1. The van der Waals surface area contributed by atoms with Crippen LogP contribution in [-0.4, -0.2) is 24.7 Å². The summed E-state index contributed by atoms with van der Waals surface area (Å²) in [6.07, 6.45) is 0. The van der Waals surface area contributed by atoms with Gasteiger partial charge in [-0.2, -0.15) is 5.10 Å². The maximum atomic E-state index is 12.4. The van der Waals surface area contributed by atoms with Crippen LogP contribution in [0.5, 0.6) is 5.75 Å². The summed E-state index contributed by atoms with van der Waals surface area (Å²) in [6.45, 7) is 1.78. The van der Waals surface area contributed by atoms with E-state index >= 15 is 0 Å². The minimum atomic E-state index is -0.344. The Bertz CT molecular complexity index is 1030. The number of nitrogens with two attached hydrogens (primary N) is 2. The van der Waals surface area contributed by atoms with Gasteiger partial charge in [-0.3, -0.25) is 4.79 Å². The van der Waals surface area contributed by atoms with Gasteiger partial charge in [-0.25, -0.2) is 0 Å². The van der Waals surface area contributed by atoms with Crippen LogP contribution in [0.15, 0.2) is 63.2 Å².